The Morgan fingerprint density at radius 1 is 0.821 bits per heavy atom. The molecule has 0 aromatic heterocycles. The number of hydrogen-bond donors (Lipinski definition) is 2. The molecule has 2 N–H and O–H groups in total. The van der Waals surface area contributed by atoms with E-state index in [9.17, 15) is 4.79 Å². The van der Waals surface area contributed by atoms with Crippen molar-refractivity contribution in [1.29, 1.82) is 0 Å². The van der Waals surface area contributed by atoms with Gasteiger partial charge in [-0.3, -0.25) is 4.79 Å². The summed E-state index contributed by atoms with van der Waals surface area (Å²) in [5, 5.41) is 18.2. The Hall–Kier alpha value is -0.910. The molecule has 5 heteroatoms. The monoisotopic (exact) mass is 400 g/mol. The molecular formula is C23H46NO4+. The second-order valence-corrected chi connectivity index (χ2v) is 8.09. The molecule has 0 rings (SSSR count). The minimum Gasteiger partial charge on any atom is -0.460 e. The lowest BCUT2D eigenvalue weighted by molar-refractivity contribution is -0.910. The predicted octanol–water partition coefficient (Wildman–Crippen LogP) is 4.22. The van der Waals surface area contributed by atoms with Gasteiger partial charge in [-0.25, -0.2) is 0 Å². The van der Waals surface area contributed by atoms with E-state index in [-0.39, 0.29) is 19.2 Å². The average Bonchev–Trinajstić information content (AvgIpc) is 2.66. The van der Waals surface area contributed by atoms with Crippen molar-refractivity contribution in [3.8, 4) is 0 Å². The molecule has 0 aliphatic heterocycles. The van der Waals surface area contributed by atoms with Gasteiger partial charge in [-0.05, 0) is 32.1 Å². The van der Waals surface area contributed by atoms with E-state index in [4.69, 9.17) is 14.9 Å². The lowest BCUT2D eigenvalue weighted by atomic mass is 10.1. The van der Waals surface area contributed by atoms with Gasteiger partial charge in [0.15, 0.2) is 0 Å². The van der Waals surface area contributed by atoms with Gasteiger partial charge in [0, 0.05) is 6.42 Å². The second kappa shape index (κ2) is 19.4. The molecule has 0 saturated heterocycles. The topological polar surface area (TPSA) is 66.8 Å². The molecule has 0 aromatic carbocycles. The fourth-order valence-corrected chi connectivity index (χ4v) is 3.26. The molecule has 0 bridgehead atoms. The molecule has 0 aliphatic rings. The molecule has 0 fully saturated rings. The summed E-state index contributed by atoms with van der Waals surface area (Å²) in [6.07, 6.45) is 18.5. The molecule has 0 radical (unpaired) electrons. The standard InChI is InChI=1S/C23H46NO4/c1-3-4-5-6-7-8-9-10-11-12-13-14-15-16-23(27)28-22-19-24(2,17-20-25)18-21-26/h8-9,25-26H,3-7,10-22H2,1-2H3/q+1/b9-8-. The van der Waals surface area contributed by atoms with E-state index >= 15 is 0 Å². The number of carbonyl (C=O) groups is 1. The molecule has 166 valence electrons. The fourth-order valence-electron chi connectivity index (χ4n) is 3.26. The van der Waals surface area contributed by atoms with Gasteiger partial charge in [-0.15, -0.1) is 0 Å². The Morgan fingerprint density at radius 2 is 1.36 bits per heavy atom. The number of ether oxygens (including phenoxy) is 1. The summed E-state index contributed by atoms with van der Waals surface area (Å²) in [4.78, 5) is 11.8. The van der Waals surface area contributed by atoms with Crippen LogP contribution in [-0.4, -0.2) is 67.2 Å². The number of unbranched alkanes of at least 4 members (excludes halogenated alkanes) is 9. The van der Waals surface area contributed by atoms with Gasteiger partial charge in [-0.1, -0.05) is 57.6 Å². The van der Waals surface area contributed by atoms with Gasteiger partial charge >= 0.3 is 5.97 Å². The van der Waals surface area contributed by atoms with Crippen molar-refractivity contribution in [3.05, 3.63) is 12.2 Å². The van der Waals surface area contributed by atoms with Crippen molar-refractivity contribution < 1.29 is 24.2 Å². The third-order valence-corrected chi connectivity index (χ3v) is 5.32. The zero-order chi connectivity index (χ0) is 20.9. The maximum Gasteiger partial charge on any atom is 0.305 e. The van der Waals surface area contributed by atoms with E-state index in [0.29, 0.717) is 37.1 Å². The first-order valence-electron chi connectivity index (χ1n) is 11.4. The molecule has 0 spiro atoms. The normalized spacial score (nSPS) is 12.0. The summed E-state index contributed by atoms with van der Waals surface area (Å²) in [5.41, 5.74) is 0. The maximum atomic E-state index is 11.8. The van der Waals surface area contributed by atoms with Gasteiger partial charge in [0.2, 0.25) is 0 Å². The van der Waals surface area contributed by atoms with Crippen LogP contribution in [0.25, 0.3) is 0 Å². The molecular weight excluding hydrogens is 354 g/mol. The quantitative estimate of drug-likeness (QED) is 0.139. The summed E-state index contributed by atoms with van der Waals surface area (Å²) in [7, 11) is 1.96. The number of aliphatic hydroxyl groups is 2. The minimum atomic E-state index is -0.134. The van der Waals surface area contributed by atoms with Crippen LogP contribution in [0.4, 0.5) is 0 Å². The van der Waals surface area contributed by atoms with Gasteiger partial charge < -0.3 is 19.4 Å². The number of allylic oxidation sites excluding steroid dienone is 2. The van der Waals surface area contributed by atoms with Gasteiger partial charge in [0.05, 0.1) is 20.3 Å². The van der Waals surface area contributed by atoms with Crippen LogP contribution in [0.5, 0.6) is 0 Å². The third-order valence-electron chi connectivity index (χ3n) is 5.32. The summed E-state index contributed by atoms with van der Waals surface area (Å²) in [5.74, 6) is -0.134. The van der Waals surface area contributed by atoms with Gasteiger partial charge in [0.25, 0.3) is 0 Å². The predicted molar refractivity (Wildman–Crippen MR) is 116 cm³/mol. The van der Waals surface area contributed by atoms with Crippen molar-refractivity contribution >= 4 is 5.97 Å². The molecule has 0 heterocycles. The van der Waals surface area contributed by atoms with Crippen molar-refractivity contribution in [2.45, 2.75) is 84.0 Å². The molecule has 0 aliphatic carbocycles. The zero-order valence-electron chi connectivity index (χ0n) is 18.5. The highest BCUT2D eigenvalue weighted by Gasteiger charge is 2.20. The van der Waals surface area contributed by atoms with Crippen molar-refractivity contribution in [1.82, 2.24) is 0 Å². The van der Waals surface area contributed by atoms with Crippen LogP contribution in [-0.2, 0) is 9.53 Å². The number of rotatable bonds is 20. The molecule has 0 saturated carbocycles. The van der Waals surface area contributed by atoms with E-state index in [0.717, 1.165) is 12.8 Å². The summed E-state index contributed by atoms with van der Waals surface area (Å²) in [6, 6.07) is 0. The van der Waals surface area contributed by atoms with E-state index in [1.54, 1.807) is 0 Å². The number of nitrogens with zero attached hydrogens (tertiary/aromatic N) is 1. The number of hydrogen-bond acceptors (Lipinski definition) is 4. The van der Waals surface area contributed by atoms with Crippen LogP contribution in [0.15, 0.2) is 12.2 Å². The maximum absolute atomic E-state index is 11.8. The average molecular weight is 401 g/mol. The van der Waals surface area contributed by atoms with Crippen LogP contribution in [0.3, 0.4) is 0 Å². The number of carbonyl (C=O) groups excluding carboxylic acids is 1. The van der Waals surface area contributed by atoms with Crippen LogP contribution in [0.1, 0.15) is 84.0 Å². The molecule has 0 aromatic rings. The van der Waals surface area contributed by atoms with E-state index in [1.165, 1.54) is 57.8 Å². The summed E-state index contributed by atoms with van der Waals surface area (Å²) in [6.45, 7) is 4.48. The molecule has 0 amide bonds. The summed E-state index contributed by atoms with van der Waals surface area (Å²) >= 11 is 0. The van der Waals surface area contributed by atoms with E-state index in [1.807, 2.05) is 7.05 Å². The SMILES string of the molecule is CCCCCC/C=C\CCCCCCCC(=O)OCC[N+](C)(CCO)CCO. The first-order valence-corrected chi connectivity index (χ1v) is 11.4. The Kier molecular flexibility index (Phi) is 18.8. The molecule has 0 atom stereocenters. The third kappa shape index (κ3) is 17.2. The van der Waals surface area contributed by atoms with E-state index < -0.39 is 0 Å². The van der Waals surface area contributed by atoms with Gasteiger partial charge in [-0.2, -0.15) is 0 Å². The fraction of sp³-hybridized carbons (Fsp3) is 0.870. The van der Waals surface area contributed by atoms with Crippen LogP contribution < -0.4 is 0 Å². The van der Waals surface area contributed by atoms with Crippen molar-refractivity contribution in [3.63, 3.8) is 0 Å². The number of aliphatic hydroxyl groups excluding tert-OH is 2. The van der Waals surface area contributed by atoms with Crippen LogP contribution >= 0.6 is 0 Å². The summed E-state index contributed by atoms with van der Waals surface area (Å²) < 4.78 is 5.83. The Morgan fingerprint density at radius 3 is 1.93 bits per heavy atom. The lowest BCUT2D eigenvalue weighted by Gasteiger charge is -2.33. The zero-order valence-corrected chi connectivity index (χ0v) is 18.5. The smallest absolute Gasteiger partial charge is 0.305 e. The highest BCUT2D eigenvalue weighted by Crippen LogP contribution is 2.09. The second-order valence-electron chi connectivity index (χ2n) is 8.09. The molecule has 28 heavy (non-hydrogen) atoms. The molecule has 0 unspecified atom stereocenters. The largest absolute Gasteiger partial charge is 0.460 e. The molecule has 5 nitrogen and oxygen atoms in total. The van der Waals surface area contributed by atoms with Gasteiger partial charge in [0.1, 0.15) is 26.2 Å². The highest BCUT2D eigenvalue weighted by atomic mass is 16.5. The first kappa shape index (κ1) is 27.1. The Balaban J connectivity index is 3.51. The van der Waals surface area contributed by atoms with Crippen LogP contribution in [0.2, 0.25) is 0 Å². The van der Waals surface area contributed by atoms with E-state index in [2.05, 4.69) is 19.1 Å². The Labute approximate surface area is 173 Å². The van der Waals surface area contributed by atoms with Crippen molar-refractivity contribution in [2.75, 3.05) is 46.5 Å². The highest BCUT2D eigenvalue weighted by molar-refractivity contribution is 5.69. The Bertz CT molecular complexity index is 379. The lowest BCUT2D eigenvalue weighted by Crippen LogP contribution is -2.50. The number of esters is 1. The first-order chi connectivity index (χ1) is 13.6. The minimum absolute atomic E-state index is 0.0686. The number of quaternary nitrogens is 1. The van der Waals surface area contributed by atoms with Crippen molar-refractivity contribution in [2.24, 2.45) is 0 Å². The van der Waals surface area contributed by atoms with Crippen LogP contribution in [0, 0.1) is 0 Å². The number of likely N-dealkylation sites (N-methyl/N-ethyl adjacent to an activating group) is 1.